The SMILES string of the molecule is C=CCSC1=NC(=Cc2ccc(OC(C)C)cc2)C(=O)N1c1ccccc1. The Morgan fingerprint density at radius 3 is 2.48 bits per heavy atom. The van der Waals surface area contributed by atoms with Gasteiger partial charge in [-0.05, 0) is 49.8 Å². The van der Waals surface area contributed by atoms with Crippen LogP contribution in [0.3, 0.4) is 0 Å². The van der Waals surface area contributed by atoms with Gasteiger partial charge in [0.2, 0.25) is 0 Å². The number of ether oxygens (including phenoxy) is 1. The summed E-state index contributed by atoms with van der Waals surface area (Å²) in [7, 11) is 0. The maximum Gasteiger partial charge on any atom is 0.283 e. The summed E-state index contributed by atoms with van der Waals surface area (Å²) in [6.07, 6.45) is 3.73. The van der Waals surface area contributed by atoms with Crippen molar-refractivity contribution in [3.05, 3.63) is 78.5 Å². The van der Waals surface area contributed by atoms with Crippen LogP contribution in [0.4, 0.5) is 5.69 Å². The summed E-state index contributed by atoms with van der Waals surface area (Å²) in [5, 5.41) is 0.664. The summed E-state index contributed by atoms with van der Waals surface area (Å²) in [6.45, 7) is 7.73. The quantitative estimate of drug-likeness (QED) is 0.516. The third-order valence-corrected chi connectivity index (χ3v) is 4.66. The van der Waals surface area contributed by atoms with Gasteiger partial charge < -0.3 is 4.74 Å². The van der Waals surface area contributed by atoms with Gasteiger partial charge in [-0.25, -0.2) is 4.99 Å². The lowest BCUT2D eigenvalue weighted by atomic mass is 10.2. The van der Waals surface area contributed by atoms with Crippen molar-refractivity contribution in [1.82, 2.24) is 0 Å². The fourth-order valence-electron chi connectivity index (χ4n) is 2.60. The number of nitrogens with zero attached hydrogens (tertiary/aromatic N) is 2. The molecule has 2 aromatic rings. The number of carbonyl (C=O) groups excluding carboxylic acids is 1. The smallest absolute Gasteiger partial charge is 0.283 e. The molecule has 0 radical (unpaired) electrons. The molecule has 5 heteroatoms. The Balaban J connectivity index is 1.88. The first-order valence-corrected chi connectivity index (χ1v) is 9.77. The molecule has 1 heterocycles. The summed E-state index contributed by atoms with van der Waals surface area (Å²) in [5.74, 6) is 1.36. The largest absolute Gasteiger partial charge is 0.491 e. The van der Waals surface area contributed by atoms with Gasteiger partial charge in [0.25, 0.3) is 5.91 Å². The molecule has 1 aliphatic heterocycles. The van der Waals surface area contributed by atoms with E-state index in [-0.39, 0.29) is 12.0 Å². The molecule has 0 atom stereocenters. The van der Waals surface area contributed by atoms with Gasteiger partial charge in [0.15, 0.2) is 5.17 Å². The fourth-order valence-corrected chi connectivity index (χ4v) is 3.35. The van der Waals surface area contributed by atoms with E-state index in [1.54, 1.807) is 17.1 Å². The Hall–Kier alpha value is -2.79. The number of aliphatic imine (C=N–C) groups is 1. The molecule has 0 fully saturated rings. The minimum atomic E-state index is -0.129. The number of hydrogen-bond acceptors (Lipinski definition) is 4. The zero-order chi connectivity index (χ0) is 19.2. The van der Waals surface area contributed by atoms with Crippen molar-refractivity contribution >= 4 is 34.6 Å². The van der Waals surface area contributed by atoms with Crippen LogP contribution in [0.2, 0.25) is 0 Å². The van der Waals surface area contributed by atoms with Crippen LogP contribution >= 0.6 is 11.8 Å². The first kappa shape index (κ1) is 19.0. The summed E-state index contributed by atoms with van der Waals surface area (Å²) in [6, 6.07) is 17.2. The minimum Gasteiger partial charge on any atom is -0.491 e. The zero-order valence-corrected chi connectivity index (χ0v) is 16.3. The predicted molar refractivity (Wildman–Crippen MR) is 114 cm³/mol. The Labute approximate surface area is 164 Å². The molecule has 0 N–H and O–H groups in total. The second-order valence-corrected chi connectivity index (χ2v) is 7.22. The van der Waals surface area contributed by atoms with Gasteiger partial charge in [-0.3, -0.25) is 9.69 Å². The van der Waals surface area contributed by atoms with Gasteiger partial charge in [-0.2, -0.15) is 0 Å². The van der Waals surface area contributed by atoms with E-state index in [1.807, 2.05) is 68.4 Å². The normalized spacial score (nSPS) is 15.4. The Morgan fingerprint density at radius 2 is 1.85 bits per heavy atom. The third kappa shape index (κ3) is 4.68. The molecule has 0 aromatic heterocycles. The lowest BCUT2D eigenvalue weighted by Gasteiger charge is -2.17. The van der Waals surface area contributed by atoms with Crippen LogP contribution in [0.1, 0.15) is 19.4 Å². The number of anilines is 1. The number of amidine groups is 1. The summed E-state index contributed by atoms with van der Waals surface area (Å²) in [5.41, 5.74) is 2.13. The highest BCUT2D eigenvalue weighted by molar-refractivity contribution is 8.14. The van der Waals surface area contributed by atoms with Crippen LogP contribution in [0.15, 0.2) is 77.9 Å². The lowest BCUT2D eigenvalue weighted by molar-refractivity contribution is -0.113. The molecule has 0 aliphatic carbocycles. The van der Waals surface area contributed by atoms with Crippen LogP contribution < -0.4 is 9.64 Å². The van der Waals surface area contributed by atoms with E-state index in [0.717, 1.165) is 17.0 Å². The average Bonchev–Trinajstić information content (AvgIpc) is 2.97. The van der Waals surface area contributed by atoms with E-state index in [4.69, 9.17) is 4.74 Å². The average molecular weight is 378 g/mol. The van der Waals surface area contributed by atoms with E-state index in [1.165, 1.54) is 11.8 Å². The maximum atomic E-state index is 13.0. The van der Waals surface area contributed by atoms with Crippen molar-refractivity contribution in [2.24, 2.45) is 4.99 Å². The van der Waals surface area contributed by atoms with Crippen molar-refractivity contribution < 1.29 is 9.53 Å². The molecule has 2 aromatic carbocycles. The maximum absolute atomic E-state index is 13.0. The predicted octanol–water partition coefficient (Wildman–Crippen LogP) is 5.14. The van der Waals surface area contributed by atoms with E-state index in [9.17, 15) is 4.79 Å². The van der Waals surface area contributed by atoms with Gasteiger partial charge >= 0.3 is 0 Å². The summed E-state index contributed by atoms with van der Waals surface area (Å²) in [4.78, 5) is 19.2. The summed E-state index contributed by atoms with van der Waals surface area (Å²) < 4.78 is 5.66. The number of benzene rings is 2. The first-order valence-electron chi connectivity index (χ1n) is 8.79. The monoisotopic (exact) mass is 378 g/mol. The minimum absolute atomic E-state index is 0.124. The lowest BCUT2D eigenvalue weighted by Crippen LogP contribution is -2.30. The molecule has 1 aliphatic rings. The topological polar surface area (TPSA) is 41.9 Å². The van der Waals surface area contributed by atoms with Gasteiger partial charge in [0, 0.05) is 5.75 Å². The van der Waals surface area contributed by atoms with Gasteiger partial charge in [-0.15, -0.1) is 6.58 Å². The van der Waals surface area contributed by atoms with E-state index in [0.29, 0.717) is 16.6 Å². The standard InChI is InChI=1S/C22H22N2O2S/c1-4-14-27-22-23-20(21(25)24(22)18-8-6-5-7-9-18)15-17-10-12-19(13-11-17)26-16(2)3/h4-13,15-16H,1,14H2,2-3H3. The van der Waals surface area contributed by atoms with Gasteiger partial charge in [-0.1, -0.05) is 48.2 Å². The van der Waals surface area contributed by atoms with Crippen LogP contribution in [0.25, 0.3) is 6.08 Å². The van der Waals surface area contributed by atoms with Gasteiger partial charge in [0.1, 0.15) is 11.4 Å². The number of amides is 1. The van der Waals surface area contributed by atoms with Crippen molar-refractivity contribution in [2.45, 2.75) is 20.0 Å². The molecule has 0 bridgehead atoms. The highest BCUT2D eigenvalue weighted by Gasteiger charge is 2.31. The Kier molecular flexibility index (Phi) is 6.14. The van der Waals surface area contributed by atoms with Crippen LogP contribution in [0, 0.1) is 0 Å². The van der Waals surface area contributed by atoms with Crippen molar-refractivity contribution in [3.63, 3.8) is 0 Å². The molecular formula is C22H22N2O2S. The molecule has 27 heavy (non-hydrogen) atoms. The van der Waals surface area contributed by atoms with E-state index < -0.39 is 0 Å². The van der Waals surface area contributed by atoms with Crippen LogP contribution in [-0.4, -0.2) is 22.9 Å². The number of rotatable bonds is 6. The molecule has 0 saturated heterocycles. The van der Waals surface area contributed by atoms with Gasteiger partial charge in [0.05, 0.1) is 11.8 Å². The fraction of sp³-hybridized carbons (Fsp3) is 0.182. The molecule has 0 spiro atoms. The Morgan fingerprint density at radius 1 is 1.15 bits per heavy atom. The molecule has 0 saturated carbocycles. The van der Waals surface area contributed by atoms with Crippen LogP contribution in [-0.2, 0) is 4.79 Å². The molecule has 138 valence electrons. The van der Waals surface area contributed by atoms with E-state index in [2.05, 4.69) is 11.6 Å². The number of carbonyl (C=O) groups is 1. The molecule has 4 nitrogen and oxygen atoms in total. The highest BCUT2D eigenvalue weighted by atomic mass is 32.2. The van der Waals surface area contributed by atoms with E-state index >= 15 is 0 Å². The Bertz CT molecular complexity index is 871. The number of hydrogen-bond donors (Lipinski definition) is 0. The summed E-state index contributed by atoms with van der Waals surface area (Å²) >= 11 is 1.49. The molecule has 0 unspecified atom stereocenters. The molecule has 1 amide bonds. The molecule has 3 rings (SSSR count). The number of thioether (sulfide) groups is 1. The third-order valence-electron chi connectivity index (χ3n) is 3.73. The number of para-hydroxylation sites is 1. The zero-order valence-electron chi connectivity index (χ0n) is 15.5. The van der Waals surface area contributed by atoms with Crippen molar-refractivity contribution in [1.29, 1.82) is 0 Å². The first-order chi connectivity index (χ1) is 13.1. The van der Waals surface area contributed by atoms with Crippen molar-refractivity contribution in [2.75, 3.05) is 10.7 Å². The second kappa shape index (κ2) is 8.73. The van der Waals surface area contributed by atoms with Crippen LogP contribution in [0.5, 0.6) is 5.75 Å². The second-order valence-electron chi connectivity index (χ2n) is 6.24. The molecular weight excluding hydrogens is 356 g/mol. The highest BCUT2D eigenvalue weighted by Crippen LogP contribution is 2.29. The van der Waals surface area contributed by atoms with Crippen molar-refractivity contribution in [3.8, 4) is 5.75 Å².